The lowest BCUT2D eigenvalue weighted by atomic mass is 9.88. The molecular formula is C14H18N2O4. The van der Waals surface area contributed by atoms with Crippen LogP contribution in [-0.4, -0.2) is 29.1 Å². The second kappa shape index (κ2) is 5.48. The molecule has 1 saturated heterocycles. The lowest BCUT2D eigenvalue weighted by Crippen LogP contribution is -2.38. The van der Waals surface area contributed by atoms with E-state index in [0.717, 1.165) is 25.2 Å². The predicted molar refractivity (Wildman–Crippen MR) is 75.2 cm³/mol. The number of benzene rings is 1. The molecule has 1 aliphatic heterocycles. The van der Waals surface area contributed by atoms with E-state index >= 15 is 0 Å². The first-order valence-corrected chi connectivity index (χ1v) is 6.67. The molecule has 1 heterocycles. The summed E-state index contributed by atoms with van der Waals surface area (Å²) in [6, 6.07) is 4.34. The summed E-state index contributed by atoms with van der Waals surface area (Å²) >= 11 is 0. The molecule has 0 bridgehead atoms. The summed E-state index contributed by atoms with van der Waals surface area (Å²) in [6.07, 6.45) is 1.04. The molecule has 1 fully saturated rings. The van der Waals surface area contributed by atoms with Crippen molar-refractivity contribution in [3.63, 3.8) is 0 Å². The summed E-state index contributed by atoms with van der Waals surface area (Å²) in [4.78, 5) is 23.4. The predicted octanol–water partition coefficient (Wildman–Crippen LogP) is 2.78. The first kappa shape index (κ1) is 14.3. The normalized spacial score (nSPS) is 22.6. The Hall–Kier alpha value is -2.11. The SMILES string of the molecule is CC1CCN(c2ccc(C(=O)O)c([N+](=O)[O-])c2)CC1C. The highest BCUT2D eigenvalue weighted by molar-refractivity contribution is 5.93. The van der Waals surface area contributed by atoms with Crippen LogP contribution in [0.15, 0.2) is 18.2 Å². The number of nitrogens with zero attached hydrogens (tertiary/aromatic N) is 2. The number of piperidine rings is 1. The molecule has 0 amide bonds. The molecule has 108 valence electrons. The molecule has 2 rings (SSSR count). The maximum Gasteiger partial charge on any atom is 0.342 e. The van der Waals surface area contributed by atoms with Gasteiger partial charge in [-0.3, -0.25) is 10.1 Å². The fourth-order valence-electron chi connectivity index (χ4n) is 2.55. The van der Waals surface area contributed by atoms with E-state index in [0.29, 0.717) is 11.8 Å². The monoisotopic (exact) mass is 278 g/mol. The van der Waals surface area contributed by atoms with Gasteiger partial charge in [-0.1, -0.05) is 13.8 Å². The summed E-state index contributed by atoms with van der Waals surface area (Å²) in [5.74, 6) is -0.120. The number of nitro groups is 1. The molecule has 1 aromatic rings. The van der Waals surface area contributed by atoms with Crippen LogP contribution in [0.3, 0.4) is 0 Å². The Morgan fingerprint density at radius 2 is 2.10 bits per heavy atom. The van der Waals surface area contributed by atoms with Gasteiger partial charge in [-0.2, -0.15) is 0 Å². The zero-order valence-electron chi connectivity index (χ0n) is 11.6. The highest BCUT2D eigenvalue weighted by Crippen LogP contribution is 2.30. The molecule has 1 N–H and O–H groups in total. The second-order valence-corrected chi connectivity index (χ2v) is 5.45. The molecule has 0 radical (unpaired) electrons. The Morgan fingerprint density at radius 3 is 2.65 bits per heavy atom. The lowest BCUT2D eigenvalue weighted by Gasteiger charge is -2.36. The van der Waals surface area contributed by atoms with Crippen molar-refractivity contribution in [3.05, 3.63) is 33.9 Å². The molecule has 1 aliphatic rings. The number of carboxylic acid groups (broad SMARTS) is 1. The van der Waals surface area contributed by atoms with Gasteiger partial charge >= 0.3 is 5.97 Å². The highest BCUT2D eigenvalue weighted by atomic mass is 16.6. The minimum Gasteiger partial charge on any atom is -0.477 e. The maximum absolute atomic E-state index is 11.0. The molecule has 0 spiro atoms. The van der Waals surface area contributed by atoms with Crippen LogP contribution in [0.1, 0.15) is 30.6 Å². The van der Waals surface area contributed by atoms with Gasteiger partial charge in [-0.15, -0.1) is 0 Å². The molecule has 20 heavy (non-hydrogen) atoms. The van der Waals surface area contributed by atoms with Gasteiger partial charge in [-0.25, -0.2) is 4.79 Å². The summed E-state index contributed by atoms with van der Waals surface area (Å²) in [5.41, 5.74) is 0.110. The number of carboxylic acids is 1. The van der Waals surface area contributed by atoms with Crippen LogP contribution >= 0.6 is 0 Å². The Kier molecular flexibility index (Phi) is 3.92. The Morgan fingerprint density at radius 1 is 1.40 bits per heavy atom. The topological polar surface area (TPSA) is 83.7 Å². The van der Waals surface area contributed by atoms with Crippen LogP contribution in [-0.2, 0) is 0 Å². The third kappa shape index (κ3) is 2.74. The van der Waals surface area contributed by atoms with Crippen LogP contribution < -0.4 is 4.90 Å². The first-order chi connectivity index (χ1) is 9.40. The lowest BCUT2D eigenvalue weighted by molar-refractivity contribution is -0.385. The molecular weight excluding hydrogens is 260 g/mol. The van der Waals surface area contributed by atoms with E-state index in [4.69, 9.17) is 5.11 Å². The Balaban J connectivity index is 2.32. The van der Waals surface area contributed by atoms with Crippen LogP contribution in [0.2, 0.25) is 0 Å². The molecule has 1 aromatic carbocycles. The van der Waals surface area contributed by atoms with Crippen molar-refractivity contribution in [2.24, 2.45) is 11.8 Å². The largest absolute Gasteiger partial charge is 0.477 e. The average Bonchev–Trinajstić information content (AvgIpc) is 2.41. The smallest absolute Gasteiger partial charge is 0.342 e. The van der Waals surface area contributed by atoms with Gasteiger partial charge in [0.2, 0.25) is 0 Å². The molecule has 6 heteroatoms. The number of carbonyl (C=O) groups is 1. The highest BCUT2D eigenvalue weighted by Gasteiger charge is 2.26. The third-order valence-corrected chi connectivity index (χ3v) is 4.11. The van der Waals surface area contributed by atoms with Crippen molar-refractivity contribution < 1.29 is 14.8 Å². The fourth-order valence-corrected chi connectivity index (χ4v) is 2.55. The van der Waals surface area contributed by atoms with Crippen molar-refractivity contribution in [1.29, 1.82) is 0 Å². The van der Waals surface area contributed by atoms with Gasteiger partial charge in [0, 0.05) is 24.8 Å². The van der Waals surface area contributed by atoms with E-state index in [1.807, 2.05) is 0 Å². The van der Waals surface area contributed by atoms with Crippen molar-refractivity contribution in [3.8, 4) is 0 Å². The van der Waals surface area contributed by atoms with Gasteiger partial charge in [0.1, 0.15) is 5.56 Å². The van der Waals surface area contributed by atoms with E-state index in [1.165, 1.54) is 12.1 Å². The van der Waals surface area contributed by atoms with Crippen molar-refractivity contribution >= 4 is 17.3 Å². The van der Waals surface area contributed by atoms with E-state index in [9.17, 15) is 14.9 Å². The first-order valence-electron chi connectivity index (χ1n) is 6.67. The molecule has 2 atom stereocenters. The van der Waals surface area contributed by atoms with Gasteiger partial charge in [0.15, 0.2) is 0 Å². The molecule has 0 aliphatic carbocycles. The molecule has 0 saturated carbocycles. The maximum atomic E-state index is 11.0. The van der Waals surface area contributed by atoms with Crippen LogP contribution in [0.25, 0.3) is 0 Å². The number of nitro benzene ring substituents is 1. The van der Waals surface area contributed by atoms with Gasteiger partial charge < -0.3 is 10.0 Å². The molecule has 6 nitrogen and oxygen atoms in total. The van der Waals surface area contributed by atoms with Crippen molar-refractivity contribution in [2.75, 3.05) is 18.0 Å². The van der Waals surface area contributed by atoms with Crippen LogP contribution in [0.4, 0.5) is 11.4 Å². The standard InChI is InChI=1S/C14H18N2O4/c1-9-5-6-15(8-10(9)2)11-3-4-12(14(17)18)13(7-11)16(19)20/h3-4,7,9-10H,5-6,8H2,1-2H3,(H,17,18). The van der Waals surface area contributed by atoms with E-state index in [2.05, 4.69) is 18.7 Å². The quantitative estimate of drug-likeness (QED) is 0.679. The summed E-state index contributed by atoms with van der Waals surface area (Å²) < 4.78 is 0. The Bertz CT molecular complexity index is 544. The van der Waals surface area contributed by atoms with Gasteiger partial charge in [0.25, 0.3) is 5.69 Å². The van der Waals surface area contributed by atoms with E-state index in [-0.39, 0.29) is 11.3 Å². The zero-order chi connectivity index (χ0) is 14.9. The van der Waals surface area contributed by atoms with Gasteiger partial charge in [-0.05, 0) is 30.4 Å². The summed E-state index contributed by atoms with van der Waals surface area (Å²) in [7, 11) is 0. The zero-order valence-corrected chi connectivity index (χ0v) is 11.6. The van der Waals surface area contributed by atoms with E-state index < -0.39 is 10.9 Å². The molecule has 0 aromatic heterocycles. The Labute approximate surface area is 117 Å². The second-order valence-electron chi connectivity index (χ2n) is 5.45. The molecule has 2 unspecified atom stereocenters. The average molecular weight is 278 g/mol. The fraction of sp³-hybridized carbons (Fsp3) is 0.500. The third-order valence-electron chi connectivity index (χ3n) is 4.11. The van der Waals surface area contributed by atoms with Crippen molar-refractivity contribution in [2.45, 2.75) is 20.3 Å². The number of hydrogen-bond acceptors (Lipinski definition) is 4. The van der Waals surface area contributed by atoms with Crippen molar-refractivity contribution in [1.82, 2.24) is 0 Å². The number of hydrogen-bond donors (Lipinski definition) is 1. The number of anilines is 1. The van der Waals surface area contributed by atoms with Gasteiger partial charge in [0.05, 0.1) is 4.92 Å². The van der Waals surface area contributed by atoms with Crippen LogP contribution in [0.5, 0.6) is 0 Å². The number of aromatic carboxylic acids is 1. The summed E-state index contributed by atoms with van der Waals surface area (Å²) in [5, 5.41) is 20.0. The minimum absolute atomic E-state index is 0.267. The number of rotatable bonds is 3. The minimum atomic E-state index is -1.27. The van der Waals surface area contributed by atoms with E-state index in [1.54, 1.807) is 6.07 Å². The van der Waals surface area contributed by atoms with Crippen LogP contribution in [0, 0.1) is 22.0 Å². The summed E-state index contributed by atoms with van der Waals surface area (Å²) in [6.45, 7) is 6.05.